The van der Waals surface area contributed by atoms with Gasteiger partial charge in [0.15, 0.2) is 0 Å². The highest BCUT2D eigenvalue weighted by Gasteiger charge is 2.21. The minimum Gasteiger partial charge on any atom is -0.381 e. The zero-order chi connectivity index (χ0) is 14.5. The summed E-state index contributed by atoms with van der Waals surface area (Å²) < 4.78 is 7.59. The summed E-state index contributed by atoms with van der Waals surface area (Å²) in [5, 5.41) is 7.99. The van der Waals surface area contributed by atoms with Crippen molar-refractivity contribution in [2.24, 2.45) is 13.0 Å². The van der Waals surface area contributed by atoms with E-state index in [0.717, 1.165) is 38.5 Å². The van der Waals surface area contributed by atoms with Gasteiger partial charge < -0.3 is 15.0 Å². The molecular weight excluding hydrogens is 252 g/mol. The lowest BCUT2D eigenvalue weighted by atomic mass is 10.0. The average molecular weight is 280 g/mol. The third-order valence-corrected chi connectivity index (χ3v) is 4.01. The average Bonchev–Trinajstić information content (AvgIpc) is 2.71. The summed E-state index contributed by atoms with van der Waals surface area (Å²) in [4.78, 5) is 2.34. The van der Waals surface area contributed by atoms with Crippen LogP contribution in [0.25, 0.3) is 0 Å². The smallest absolute Gasteiger partial charge is 0.131 e. The molecule has 2 heterocycles. The summed E-state index contributed by atoms with van der Waals surface area (Å²) in [5.74, 6) is 1.87. The monoisotopic (exact) mass is 280 g/mol. The Morgan fingerprint density at radius 2 is 2.30 bits per heavy atom. The fraction of sp³-hybridized carbons (Fsp3) is 0.800. The Bertz CT molecular complexity index is 424. The van der Waals surface area contributed by atoms with E-state index in [4.69, 9.17) is 4.74 Å². The highest BCUT2D eigenvalue weighted by molar-refractivity contribution is 5.49. The van der Waals surface area contributed by atoms with Crippen LogP contribution in [-0.4, -0.2) is 43.1 Å². The number of ether oxygens (including phenoxy) is 1. The van der Waals surface area contributed by atoms with E-state index in [-0.39, 0.29) is 0 Å². The van der Waals surface area contributed by atoms with Crippen molar-refractivity contribution in [2.45, 2.75) is 33.2 Å². The van der Waals surface area contributed by atoms with Gasteiger partial charge in [0.1, 0.15) is 5.82 Å². The van der Waals surface area contributed by atoms with Crippen LogP contribution in [0.1, 0.15) is 31.0 Å². The second-order valence-electron chi connectivity index (χ2n) is 5.76. The molecule has 5 nitrogen and oxygen atoms in total. The van der Waals surface area contributed by atoms with Gasteiger partial charge in [0.25, 0.3) is 0 Å². The zero-order valence-electron chi connectivity index (χ0n) is 13.3. The lowest BCUT2D eigenvalue weighted by molar-refractivity contribution is 0.0575. The second-order valence-corrected chi connectivity index (χ2v) is 5.76. The van der Waals surface area contributed by atoms with E-state index in [2.05, 4.69) is 36.2 Å². The Kier molecular flexibility index (Phi) is 5.43. The Labute approximate surface area is 122 Å². The molecule has 1 aliphatic rings. The van der Waals surface area contributed by atoms with Crippen molar-refractivity contribution in [3.63, 3.8) is 0 Å². The molecule has 5 heteroatoms. The third-order valence-electron chi connectivity index (χ3n) is 4.01. The number of aryl methyl sites for hydroxylation is 2. The first-order valence-corrected chi connectivity index (χ1v) is 7.65. The fourth-order valence-corrected chi connectivity index (χ4v) is 3.05. The van der Waals surface area contributed by atoms with Gasteiger partial charge >= 0.3 is 0 Å². The van der Waals surface area contributed by atoms with Crippen molar-refractivity contribution in [1.29, 1.82) is 0 Å². The first kappa shape index (κ1) is 15.3. The molecule has 1 aromatic rings. The van der Waals surface area contributed by atoms with E-state index in [1.165, 1.54) is 24.2 Å². The number of hydrogen-bond acceptors (Lipinski definition) is 4. The van der Waals surface area contributed by atoms with E-state index >= 15 is 0 Å². The van der Waals surface area contributed by atoms with Gasteiger partial charge in [0.2, 0.25) is 0 Å². The van der Waals surface area contributed by atoms with Crippen LogP contribution in [-0.2, 0) is 18.3 Å². The second kappa shape index (κ2) is 7.09. The van der Waals surface area contributed by atoms with E-state index in [1.807, 2.05) is 11.7 Å². The highest BCUT2D eigenvalue weighted by atomic mass is 16.5. The largest absolute Gasteiger partial charge is 0.381 e. The molecule has 0 bridgehead atoms. The minimum atomic E-state index is 0.635. The van der Waals surface area contributed by atoms with Crippen molar-refractivity contribution in [3.8, 4) is 0 Å². The molecule has 2 rings (SSSR count). The van der Waals surface area contributed by atoms with Gasteiger partial charge in [-0.1, -0.05) is 6.92 Å². The maximum absolute atomic E-state index is 5.59. The molecule has 0 amide bonds. The Hall–Kier alpha value is -1.07. The van der Waals surface area contributed by atoms with Gasteiger partial charge in [0.05, 0.1) is 12.3 Å². The van der Waals surface area contributed by atoms with Crippen molar-refractivity contribution in [2.75, 3.05) is 38.3 Å². The summed E-state index contributed by atoms with van der Waals surface area (Å²) in [6.45, 7) is 8.95. The number of aromatic nitrogens is 2. The van der Waals surface area contributed by atoms with Crippen LogP contribution in [0.2, 0.25) is 0 Å². The molecule has 1 saturated heterocycles. The van der Waals surface area contributed by atoms with Crippen LogP contribution in [0, 0.1) is 12.8 Å². The van der Waals surface area contributed by atoms with E-state index in [0.29, 0.717) is 5.92 Å². The summed E-state index contributed by atoms with van der Waals surface area (Å²) in [5.41, 5.74) is 2.43. The van der Waals surface area contributed by atoms with Crippen molar-refractivity contribution < 1.29 is 4.74 Å². The van der Waals surface area contributed by atoms with Crippen molar-refractivity contribution in [1.82, 2.24) is 15.1 Å². The first-order valence-electron chi connectivity index (χ1n) is 7.65. The Balaban J connectivity index is 2.09. The zero-order valence-corrected chi connectivity index (χ0v) is 13.3. The number of anilines is 1. The number of nitrogens with one attached hydrogen (secondary N) is 1. The Morgan fingerprint density at radius 1 is 1.50 bits per heavy atom. The number of nitrogens with zero attached hydrogens (tertiary/aromatic N) is 3. The molecule has 20 heavy (non-hydrogen) atoms. The topological polar surface area (TPSA) is 42.3 Å². The molecule has 0 radical (unpaired) electrons. The SMILES string of the molecule is CCNCc1c(C)nn(C)c1N(C)CC1CCCOC1. The van der Waals surface area contributed by atoms with Gasteiger partial charge in [0, 0.05) is 39.4 Å². The quantitative estimate of drug-likeness (QED) is 0.861. The van der Waals surface area contributed by atoms with Crippen LogP contribution >= 0.6 is 0 Å². The molecule has 1 unspecified atom stereocenters. The molecule has 114 valence electrons. The summed E-state index contributed by atoms with van der Waals surface area (Å²) in [6.07, 6.45) is 2.46. The van der Waals surface area contributed by atoms with E-state index in [9.17, 15) is 0 Å². The normalized spacial score (nSPS) is 19.3. The maximum atomic E-state index is 5.59. The molecular formula is C15H28N4O. The summed E-state index contributed by atoms with van der Waals surface area (Å²) in [7, 11) is 4.20. The van der Waals surface area contributed by atoms with Crippen LogP contribution < -0.4 is 10.2 Å². The first-order chi connectivity index (χ1) is 9.63. The van der Waals surface area contributed by atoms with Gasteiger partial charge in [-0.15, -0.1) is 0 Å². The molecule has 0 spiro atoms. The molecule has 0 aliphatic carbocycles. The molecule has 1 aliphatic heterocycles. The van der Waals surface area contributed by atoms with Crippen LogP contribution in [0.3, 0.4) is 0 Å². The predicted octanol–water partition coefficient (Wildman–Crippen LogP) is 1.70. The third kappa shape index (κ3) is 3.52. The van der Waals surface area contributed by atoms with Gasteiger partial charge in [-0.25, -0.2) is 0 Å². The van der Waals surface area contributed by atoms with Crippen molar-refractivity contribution >= 4 is 5.82 Å². The van der Waals surface area contributed by atoms with Crippen LogP contribution in [0.4, 0.5) is 5.82 Å². The number of rotatable bonds is 6. The standard InChI is InChI=1S/C15H28N4O/c1-5-16-9-14-12(2)17-19(4)15(14)18(3)10-13-7-6-8-20-11-13/h13,16H,5-11H2,1-4H3. The van der Waals surface area contributed by atoms with Gasteiger partial charge in [-0.05, 0) is 32.2 Å². The lowest BCUT2D eigenvalue weighted by Gasteiger charge is -2.29. The maximum Gasteiger partial charge on any atom is 0.131 e. The molecule has 0 saturated carbocycles. The van der Waals surface area contributed by atoms with Crippen LogP contribution in [0.15, 0.2) is 0 Å². The van der Waals surface area contributed by atoms with E-state index in [1.54, 1.807) is 0 Å². The molecule has 1 atom stereocenters. The lowest BCUT2D eigenvalue weighted by Crippen LogP contribution is -2.32. The highest BCUT2D eigenvalue weighted by Crippen LogP contribution is 2.24. The van der Waals surface area contributed by atoms with Crippen molar-refractivity contribution in [3.05, 3.63) is 11.3 Å². The molecule has 1 aromatic heterocycles. The predicted molar refractivity (Wildman–Crippen MR) is 82.1 cm³/mol. The van der Waals surface area contributed by atoms with E-state index < -0.39 is 0 Å². The Morgan fingerprint density at radius 3 is 2.95 bits per heavy atom. The minimum absolute atomic E-state index is 0.635. The fourth-order valence-electron chi connectivity index (χ4n) is 3.05. The van der Waals surface area contributed by atoms with Gasteiger partial charge in [-0.2, -0.15) is 5.10 Å². The summed E-state index contributed by atoms with van der Waals surface area (Å²) in [6, 6.07) is 0. The molecule has 1 fully saturated rings. The molecule has 1 N–H and O–H groups in total. The molecule has 0 aromatic carbocycles. The van der Waals surface area contributed by atoms with Crippen LogP contribution in [0.5, 0.6) is 0 Å². The van der Waals surface area contributed by atoms with Gasteiger partial charge in [-0.3, -0.25) is 4.68 Å². The summed E-state index contributed by atoms with van der Waals surface area (Å²) >= 11 is 0. The number of hydrogen-bond donors (Lipinski definition) is 1.